The third kappa shape index (κ3) is 3.40. The lowest BCUT2D eigenvalue weighted by Gasteiger charge is -2.24. The predicted molar refractivity (Wildman–Crippen MR) is 115 cm³/mol. The number of rotatable bonds is 4. The van der Waals surface area contributed by atoms with Crippen molar-refractivity contribution >= 4 is 33.1 Å². The number of amides is 1. The van der Waals surface area contributed by atoms with Gasteiger partial charge < -0.3 is 15.5 Å². The summed E-state index contributed by atoms with van der Waals surface area (Å²) < 4.78 is 5.27. The number of anilines is 1. The van der Waals surface area contributed by atoms with Crippen LogP contribution in [0.1, 0.15) is 44.6 Å². The maximum Gasteiger partial charge on any atom is 0.263 e. The van der Waals surface area contributed by atoms with Gasteiger partial charge in [0.15, 0.2) is 0 Å². The summed E-state index contributed by atoms with van der Waals surface area (Å²) in [6.07, 6.45) is 4.58. The number of nitrogens with one attached hydrogen (secondary N) is 1. The van der Waals surface area contributed by atoms with Gasteiger partial charge in [-0.15, -0.1) is 11.3 Å². The standard InChI is InChI=1S/C23H21N3O2S/c24-20-18-12-16-11-15(14-5-2-1-3-6-14)8-9-19(16)26-23(18)29-21(20)22(27)25-13-17-7-4-10-28-17/h1-7,10,12,15H,8-9,11,13,24H2,(H,25,27). The quantitative estimate of drug-likeness (QED) is 0.519. The molecule has 1 unspecified atom stereocenters. The van der Waals surface area contributed by atoms with Crippen molar-refractivity contribution in [3.05, 3.63) is 82.3 Å². The summed E-state index contributed by atoms with van der Waals surface area (Å²) in [6, 6.07) is 16.4. The number of nitrogen functional groups attached to an aromatic ring is 1. The summed E-state index contributed by atoms with van der Waals surface area (Å²) >= 11 is 1.36. The first-order valence-corrected chi connectivity index (χ1v) is 10.6. The van der Waals surface area contributed by atoms with E-state index in [2.05, 4.69) is 41.7 Å². The normalized spacial score (nSPS) is 15.9. The molecule has 0 radical (unpaired) electrons. The van der Waals surface area contributed by atoms with E-state index >= 15 is 0 Å². The zero-order valence-corrected chi connectivity index (χ0v) is 16.7. The molecule has 4 aromatic rings. The van der Waals surface area contributed by atoms with Gasteiger partial charge in [-0.25, -0.2) is 4.98 Å². The van der Waals surface area contributed by atoms with Crippen molar-refractivity contribution in [1.29, 1.82) is 0 Å². The van der Waals surface area contributed by atoms with Crippen LogP contribution in [0.3, 0.4) is 0 Å². The maximum atomic E-state index is 12.6. The Morgan fingerprint density at radius 3 is 2.90 bits per heavy atom. The van der Waals surface area contributed by atoms with Gasteiger partial charge >= 0.3 is 0 Å². The SMILES string of the molecule is Nc1c(C(=O)NCc2ccco2)sc2nc3c(cc12)CC(c1ccccc1)CC3. The van der Waals surface area contributed by atoms with E-state index in [9.17, 15) is 4.79 Å². The first kappa shape index (κ1) is 17.9. The molecule has 1 amide bonds. The Kier molecular flexibility index (Phi) is 4.56. The highest BCUT2D eigenvalue weighted by molar-refractivity contribution is 7.21. The molecule has 0 fully saturated rings. The fourth-order valence-corrected chi connectivity index (χ4v) is 5.04. The molecule has 5 rings (SSSR count). The second kappa shape index (κ2) is 7.37. The number of carbonyl (C=O) groups is 1. The number of nitrogens with zero attached hydrogens (tertiary/aromatic N) is 1. The van der Waals surface area contributed by atoms with Crippen LogP contribution >= 0.6 is 11.3 Å². The van der Waals surface area contributed by atoms with E-state index in [-0.39, 0.29) is 5.91 Å². The molecule has 3 N–H and O–H groups in total. The summed E-state index contributed by atoms with van der Waals surface area (Å²) in [5.41, 5.74) is 10.6. The van der Waals surface area contributed by atoms with E-state index in [1.807, 2.05) is 6.07 Å². The summed E-state index contributed by atoms with van der Waals surface area (Å²) in [7, 11) is 0. The summed E-state index contributed by atoms with van der Waals surface area (Å²) in [6.45, 7) is 0.336. The van der Waals surface area contributed by atoms with Crippen molar-refractivity contribution in [1.82, 2.24) is 10.3 Å². The van der Waals surface area contributed by atoms with Crippen LogP contribution in [0.15, 0.2) is 59.2 Å². The number of benzene rings is 1. The van der Waals surface area contributed by atoms with Crippen molar-refractivity contribution in [2.75, 3.05) is 5.73 Å². The molecule has 6 heteroatoms. The molecule has 1 aliphatic carbocycles. The Hall–Kier alpha value is -3.12. The van der Waals surface area contributed by atoms with E-state index in [4.69, 9.17) is 15.1 Å². The van der Waals surface area contributed by atoms with Gasteiger partial charge in [0.05, 0.1) is 18.5 Å². The molecule has 0 saturated carbocycles. The van der Waals surface area contributed by atoms with Gasteiger partial charge in [-0.05, 0) is 54.5 Å². The van der Waals surface area contributed by atoms with Crippen LogP contribution in [0.5, 0.6) is 0 Å². The molecule has 3 aromatic heterocycles. The Morgan fingerprint density at radius 2 is 2.10 bits per heavy atom. The third-order valence-electron chi connectivity index (χ3n) is 5.57. The number of hydrogen-bond donors (Lipinski definition) is 2. The highest BCUT2D eigenvalue weighted by atomic mass is 32.1. The lowest BCUT2D eigenvalue weighted by Crippen LogP contribution is -2.22. The van der Waals surface area contributed by atoms with Crippen molar-refractivity contribution < 1.29 is 9.21 Å². The van der Waals surface area contributed by atoms with E-state index in [1.54, 1.807) is 12.3 Å². The Labute approximate surface area is 172 Å². The van der Waals surface area contributed by atoms with Gasteiger partial charge in [0.2, 0.25) is 0 Å². The molecule has 0 spiro atoms. The minimum Gasteiger partial charge on any atom is -0.467 e. The molecular weight excluding hydrogens is 382 g/mol. The second-order valence-electron chi connectivity index (χ2n) is 7.40. The van der Waals surface area contributed by atoms with Crippen molar-refractivity contribution in [3.63, 3.8) is 0 Å². The van der Waals surface area contributed by atoms with Crippen molar-refractivity contribution in [2.24, 2.45) is 0 Å². The van der Waals surface area contributed by atoms with Crippen LogP contribution in [-0.2, 0) is 19.4 Å². The van der Waals surface area contributed by atoms with E-state index in [0.717, 1.165) is 35.2 Å². The molecule has 146 valence electrons. The van der Waals surface area contributed by atoms with Gasteiger partial charge in [-0.3, -0.25) is 4.79 Å². The number of pyridine rings is 1. The number of carbonyl (C=O) groups excluding carboxylic acids is 1. The Morgan fingerprint density at radius 1 is 1.24 bits per heavy atom. The minimum absolute atomic E-state index is 0.193. The topological polar surface area (TPSA) is 81.2 Å². The molecule has 1 aliphatic rings. The zero-order chi connectivity index (χ0) is 19.8. The second-order valence-corrected chi connectivity index (χ2v) is 8.40. The number of thiophene rings is 1. The summed E-state index contributed by atoms with van der Waals surface area (Å²) in [4.78, 5) is 18.8. The first-order chi connectivity index (χ1) is 14.2. The van der Waals surface area contributed by atoms with E-state index in [1.165, 1.54) is 22.5 Å². The maximum absolute atomic E-state index is 12.6. The van der Waals surface area contributed by atoms with Gasteiger partial charge in [0.25, 0.3) is 5.91 Å². The van der Waals surface area contributed by atoms with Crippen LogP contribution in [-0.4, -0.2) is 10.9 Å². The molecule has 0 aliphatic heterocycles. The largest absolute Gasteiger partial charge is 0.467 e. The average Bonchev–Trinajstić information content (AvgIpc) is 3.39. The van der Waals surface area contributed by atoms with Crippen LogP contribution in [0.4, 0.5) is 5.69 Å². The minimum atomic E-state index is -0.193. The Bertz CT molecular complexity index is 1170. The van der Waals surface area contributed by atoms with Crippen LogP contribution in [0, 0.1) is 0 Å². The molecular formula is C23H21N3O2S. The molecule has 1 atom stereocenters. The summed E-state index contributed by atoms with van der Waals surface area (Å²) in [5.74, 6) is 1.01. The van der Waals surface area contributed by atoms with Crippen LogP contribution in [0.25, 0.3) is 10.2 Å². The number of nitrogens with two attached hydrogens (primary N) is 1. The first-order valence-electron chi connectivity index (χ1n) is 9.75. The highest BCUT2D eigenvalue weighted by Gasteiger charge is 2.24. The molecule has 5 nitrogen and oxygen atoms in total. The van der Waals surface area contributed by atoms with Gasteiger partial charge in [-0.1, -0.05) is 30.3 Å². The highest BCUT2D eigenvalue weighted by Crippen LogP contribution is 2.38. The van der Waals surface area contributed by atoms with Crippen molar-refractivity contribution in [3.8, 4) is 0 Å². The number of hydrogen-bond acceptors (Lipinski definition) is 5. The zero-order valence-electron chi connectivity index (χ0n) is 15.9. The lowest BCUT2D eigenvalue weighted by atomic mass is 9.82. The van der Waals surface area contributed by atoms with Gasteiger partial charge in [-0.2, -0.15) is 0 Å². The monoisotopic (exact) mass is 403 g/mol. The van der Waals surface area contributed by atoms with Gasteiger partial charge in [0, 0.05) is 11.1 Å². The van der Waals surface area contributed by atoms with E-state index in [0.29, 0.717) is 28.8 Å². The average molecular weight is 404 g/mol. The molecule has 0 saturated heterocycles. The molecule has 0 bridgehead atoms. The van der Waals surface area contributed by atoms with Crippen molar-refractivity contribution in [2.45, 2.75) is 31.7 Å². The number of furan rings is 1. The van der Waals surface area contributed by atoms with Gasteiger partial charge in [0.1, 0.15) is 15.5 Å². The lowest BCUT2D eigenvalue weighted by molar-refractivity contribution is 0.0953. The number of aryl methyl sites for hydroxylation is 1. The predicted octanol–water partition coefficient (Wildman–Crippen LogP) is 4.67. The number of fused-ring (bicyclic) bond motifs is 2. The fraction of sp³-hybridized carbons (Fsp3) is 0.217. The molecule has 3 heterocycles. The third-order valence-corrected chi connectivity index (χ3v) is 6.68. The van der Waals surface area contributed by atoms with E-state index < -0.39 is 0 Å². The fourth-order valence-electron chi connectivity index (χ4n) is 4.03. The van der Waals surface area contributed by atoms with Crippen LogP contribution in [0.2, 0.25) is 0 Å². The smallest absolute Gasteiger partial charge is 0.263 e. The molecule has 29 heavy (non-hydrogen) atoms. The molecule has 1 aromatic carbocycles. The summed E-state index contributed by atoms with van der Waals surface area (Å²) in [5, 5.41) is 3.75. The number of aromatic nitrogens is 1. The Balaban J connectivity index is 1.42. The van der Waals surface area contributed by atoms with Crippen LogP contribution < -0.4 is 11.1 Å².